The van der Waals surface area contributed by atoms with Crippen molar-refractivity contribution < 1.29 is 23.4 Å². The zero-order chi connectivity index (χ0) is 35.3. The van der Waals surface area contributed by atoms with Gasteiger partial charge in [-0.2, -0.15) is 9.61 Å². The van der Waals surface area contributed by atoms with Crippen molar-refractivity contribution in [3.8, 4) is 0 Å². The average molecular weight is 676 g/mol. The second kappa shape index (κ2) is 15.5. The molecule has 0 radical (unpaired) electrons. The van der Waals surface area contributed by atoms with Gasteiger partial charge >= 0.3 is 5.97 Å². The minimum atomic E-state index is -0.986. The van der Waals surface area contributed by atoms with Crippen LogP contribution in [0.25, 0.3) is 5.65 Å². The molecule has 0 bridgehead atoms. The molecule has 2 fully saturated rings. The quantitative estimate of drug-likeness (QED) is 0.115. The van der Waals surface area contributed by atoms with E-state index < -0.39 is 17.7 Å². The third-order valence-electron chi connectivity index (χ3n) is 9.35. The summed E-state index contributed by atoms with van der Waals surface area (Å²) in [5, 5.41) is 5.18. The highest BCUT2D eigenvalue weighted by molar-refractivity contribution is 5.80. The van der Waals surface area contributed by atoms with Gasteiger partial charge in [0, 0.05) is 44.0 Å². The van der Waals surface area contributed by atoms with Crippen molar-refractivity contribution in [1.29, 1.82) is 0 Å². The van der Waals surface area contributed by atoms with E-state index in [1.165, 1.54) is 0 Å². The molecule has 49 heavy (non-hydrogen) atoms. The zero-order valence-electron chi connectivity index (χ0n) is 30.3. The van der Waals surface area contributed by atoms with Crippen LogP contribution in [0.5, 0.6) is 0 Å². The number of anilines is 1. The van der Waals surface area contributed by atoms with Gasteiger partial charge in [-0.1, -0.05) is 18.2 Å². The van der Waals surface area contributed by atoms with Crippen LogP contribution < -0.4 is 4.90 Å². The van der Waals surface area contributed by atoms with Gasteiger partial charge < -0.3 is 19.1 Å². The number of carbonyl (C=O) groups is 1. The summed E-state index contributed by atoms with van der Waals surface area (Å²) in [5.74, 6) is 0.135. The fraction of sp³-hybridized carbons (Fsp3) is 0.564. The molecule has 5 rings (SSSR count). The first kappa shape index (κ1) is 36.7. The third-order valence-corrected chi connectivity index (χ3v) is 9.35. The molecular formula is C39H54FN5O4. The molecule has 0 spiro atoms. The molecule has 0 amide bonds. The van der Waals surface area contributed by atoms with Gasteiger partial charge in [-0.25, -0.2) is 14.2 Å². The lowest BCUT2D eigenvalue weighted by atomic mass is 9.92. The smallest absolute Gasteiger partial charge is 0.340 e. The van der Waals surface area contributed by atoms with Crippen LogP contribution in [0, 0.1) is 12.7 Å². The summed E-state index contributed by atoms with van der Waals surface area (Å²) in [6.07, 6.45) is 8.06. The van der Waals surface area contributed by atoms with E-state index in [0.717, 1.165) is 61.2 Å². The topological polar surface area (TPSA) is 81.4 Å². The summed E-state index contributed by atoms with van der Waals surface area (Å²) in [5.41, 5.74) is 4.20. The van der Waals surface area contributed by atoms with Gasteiger partial charge in [0.1, 0.15) is 11.6 Å². The van der Waals surface area contributed by atoms with E-state index in [2.05, 4.69) is 29.9 Å². The van der Waals surface area contributed by atoms with Gasteiger partial charge in [0.15, 0.2) is 11.8 Å². The number of fused-ring (bicyclic) bond motifs is 1. The summed E-state index contributed by atoms with van der Waals surface area (Å²) < 4.78 is 34.3. The summed E-state index contributed by atoms with van der Waals surface area (Å²) in [6.45, 7) is 22.8. The van der Waals surface area contributed by atoms with Gasteiger partial charge in [0.05, 0.1) is 35.7 Å². The molecule has 0 N–H and O–H groups in total. The Balaban J connectivity index is 1.55. The minimum absolute atomic E-state index is 0.215. The average Bonchev–Trinajstić information content (AvgIpc) is 3.82. The molecule has 0 unspecified atom stereocenters. The molecule has 3 aromatic rings. The minimum Gasteiger partial charge on any atom is -0.464 e. The molecule has 10 heteroatoms. The number of aryl methyl sites for hydroxylation is 2. The number of nitrogens with zero attached hydrogens (tertiary/aromatic N) is 5. The van der Waals surface area contributed by atoms with Crippen LogP contribution in [-0.2, 0) is 38.5 Å². The zero-order valence-corrected chi connectivity index (χ0v) is 30.3. The van der Waals surface area contributed by atoms with Crippen molar-refractivity contribution in [1.82, 2.24) is 19.5 Å². The fourth-order valence-corrected chi connectivity index (χ4v) is 6.66. The van der Waals surface area contributed by atoms with Crippen LogP contribution in [0.4, 0.5) is 10.2 Å². The van der Waals surface area contributed by atoms with E-state index in [1.54, 1.807) is 25.1 Å². The first-order valence-electron chi connectivity index (χ1n) is 17.7. The number of halogens is 1. The van der Waals surface area contributed by atoms with Crippen LogP contribution in [0.2, 0.25) is 0 Å². The second-order valence-corrected chi connectivity index (χ2v) is 14.6. The number of carbonyl (C=O) groups excluding carboxylic acids is 1. The Kier molecular flexibility index (Phi) is 11.6. The maximum absolute atomic E-state index is 14.2. The Morgan fingerprint density at radius 1 is 1.14 bits per heavy atom. The Morgan fingerprint density at radius 2 is 1.88 bits per heavy atom. The molecule has 2 aliphatic rings. The molecule has 3 heterocycles. The lowest BCUT2D eigenvalue weighted by Crippen LogP contribution is -2.45. The number of ether oxygens (including phenoxy) is 3. The van der Waals surface area contributed by atoms with E-state index in [1.807, 2.05) is 50.4 Å². The van der Waals surface area contributed by atoms with Gasteiger partial charge in [0.2, 0.25) is 0 Å². The maximum Gasteiger partial charge on any atom is 0.340 e. The van der Waals surface area contributed by atoms with Crippen molar-refractivity contribution in [2.45, 2.75) is 117 Å². The molecule has 9 nitrogen and oxygen atoms in total. The number of hydrogen-bond donors (Lipinski definition) is 0. The number of piperidine rings is 1. The normalized spacial score (nSPS) is 17.0. The lowest BCUT2D eigenvalue weighted by molar-refractivity contribution is -0.166. The highest BCUT2D eigenvalue weighted by Crippen LogP contribution is 2.39. The van der Waals surface area contributed by atoms with Crippen molar-refractivity contribution in [2.24, 2.45) is 0 Å². The van der Waals surface area contributed by atoms with Crippen LogP contribution in [0.15, 0.2) is 49.6 Å². The molecular weight excluding hydrogens is 621 g/mol. The molecule has 2 aromatic heterocycles. The molecule has 1 aliphatic heterocycles. The third kappa shape index (κ3) is 9.15. The number of esters is 1. The lowest BCUT2D eigenvalue weighted by Gasteiger charge is -2.41. The summed E-state index contributed by atoms with van der Waals surface area (Å²) in [6, 6.07) is 7.60. The van der Waals surface area contributed by atoms with Gasteiger partial charge in [-0.15, -0.1) is 13.2 Å². The van der Waals surface area contributed by atoms with Crippen molar-refractivity contribution >= 4 is 17.4 Å². The fourth-order valence-electron chi connectivity index (χ4n) is 6.66. The predicted molar refractivity (Wildman–Crippen MR) is 191 cm³/mol. The highest BCUT2D eigenvalue weighted by Gasteiger charge is 2.38. The molecule has 266 valence electrons. The van der Waals surface area contributed by atoms with E-state index in [-0.39, 0.29) is 18.0 Å². The number of allylic oxidation sites excluding steroid dienone is 1. The summed E-state index contributed by atoms with van der Waals surface area (Å²) in [7, 11) is 0. The van der Waals surface area contributed by atoms with Crippen molar-refractivity contribution in [3.05, 3.63) is 83.5 Å². The number of hydrogen-bond acceptors (Lipinski definition) is 8. The van der Waals surface area contributed by atoms with Crippen LogP contribution in [0.1, 0.15) is 101 Å². The Hall–Kier alpha value is -3.60. The van der Waals surface area contributed by atoms with E-state index in [0.29, 0.717) is 55.7 Å². The van der Waals surface area contributed by atoms with Crippen LogP contribution in [-0.4, -0.2) is 69.0 Å². The Labute approximate surface area is 291 Å². The van der Waals surface area contributed by atoms with Gasteiger partial charge in [-0.3, -0.25) is 4.90 Å². The molecule has 1 aliphatic carbocycles. The van der Waals surface area contributed by atoms with E-state index in [9.17, 15) is 9.18 Å². The largest absolute Gasteiger partial charge is 0.464 e. The number of rotatable bonds is 16. The first-order chi connectivity index (χ1) is 23.3. The maximum atomic E-state index is 14.2. The van der Waals surface area contributed by atoms with Crippen LogP contribution >= 0.6 is 0 Å². The predicted octanol–water partition coefficient (Wildman–Crippen LogP) is 7.44. The van der Waals surface area contributed by atoms with Crippen molar-refractivity contribution in [2.75, 3.05) is 31.2 Å². The molecule has 1 saturated carbocycles. The first-order valence-corrected chi connectivity index (χ1v) is 17.7. The van der Waals surface area contributed by atoms with E-state index >= 15 is 0 Å². The summed E-state index contributed by atoms with van der Waals surface area (Å²) >= 11 is 0. The monoisotopic (exact) mass is 675 g/mol. The molecule has 1 aromatic carbocycles. The number of aromatic nitrogens is 3. The summed E-state index contributed by atoms with van der Waals surface area (Å²) in [4.78, 5) is 23.3. The van der Waals surface area contributed by atoms with E-state index in [4.69, 9.17) is 24.3 Å². The number of benzene rings is 1. The molecule has 1 saturated heterocycles. The molecule has 1 atom stereocenters. The van der Waals surface area contributed by atoms with Crippen LogP contribution in [0.3, 0.4) is 0 Å². The second-order valence-electron chi connectivity index (χ2n) is 14.6. The van der Waals surface area contributed by atoms with Gasteiger partial charge in [-0.05, 0) is 103 Å². The Morgan fingerprint density at radius 3 is 2.51 bits per heavy atom. The Bertz CT molecular complexity index is 1630. The van der Waals surface area contributed by atoms with Crippen molar-refractivity contribution in [3.63, 3.8) is 0 Å². The highest BCUT2D eigenvalue weighted by atomic mass is 19.1. The standard InChI is InChI=1S/C39H54FN5O4/c1-9-12-13-28-23-30(40)15-14-29(28)25-44(32-16-17-32)26-31-24-33-41-27(4)34(35(37(46)47-11-3)49-38(5,6)7)36(45(33)42-31)43-20-18-39(8,19-21-43)48-22-10-2/h9-10,14-15,23-24,32,35H,1-2,11-13,16-22,25-26H2,3-8H3/t35-/m0/s1. The SMILES string of the molecule is C=CCCc1cc(F)ccc1CN(Cc1cc2nc(C)c([C@H](OC(C)(C)C)C(=O)OCC)c(N3CCC(C)(OCC=C)CC3)n2n1)C1CC1. The van der Waals surface area contributed by atoms with Gasteiger partial charge in [0.25, 0.3) is 0 Å².